The van der Waals surface area contributed by atoms with Crippen molar-refractivity contribution in [2.45, 2.75) is 25.7 Å². The van der Waals surface area contributed by atoms with Crippen LogP contribution in [0.3, 0.4) is 0 Å². The molecule has 1 heteroatoms. The molecule has 2 aromatic carbocycles. The summed E-state index contributed by atoms with van der Waals surface area (Å²) in [7, 11) is 0. The molecule has 0 radical (unpaired) electrons. The first kappa shape index (κ1) is 14.1. The Morgan fingerprint density at radius 2 is 1.50 bits per heavy atom. The molecule has 0 bridgehead atoms. The molecule has 2 aromatic rings. The Morgan fingerprint density at radius 1 is 0.850 bits per heavy atom. The second-order valence-corrected chi connectivity index (χ2v) is 4.69. The highest BCUT2D eigenvalue weighted by Gasteiger charge is 2.01. The number of benzene rings is 2. The van der Waals surface area contributed by atoms with Crippen LogP contribution in [-0.4, -0.2) is 5.78 Å². The van der Waals surface area contributed by atoms with Crippen molar-refractivity contribution in [3.05, 3.63) is 71.8 Å². The van der Waals surface area contributed by atoms with E-state index in [0.717, 1.165) is 12.0 Å². The SMILES string of the molecule is O=C(CCC#Cc1ccccc1)CCc1ccccc1. The molecule has 0 amide bonds. The van der Waals surface area contributed by atoms with Crippen LogP contribution in [0.25, 0.3) is 0 Å². The van der Waals surface area contributed by atoms with Crippen molar-refractivity contribution in [2.24, 2.45) is 0 Å². The summed E-state index contributed by atoms with van der Waals surface area (Å²) in [6.45, 7) is 0. The third-order valence-electron chi connectivity index (χ3n) is 3.07. The van der Waals surface area contributed by atoms with E-state index in [-0.39, 0.29) is 5.78 Å². The molecule has 0 N–H and O–H groups in total. The van der Waals surface area contributed by atoms with Gasteiger partial charge < -0.3 is 0 Å². The van der Waals surface area contributed by atoms with Gasteiger partial charge in [-0.25, -0.2) is 0 Å². The maximum Gasteiger partial charge on any atom is 0.134 e. The fourth-order valence-corrected chi connectivity index (χ4v) is 1.94. The number of ketones is 1. The molecule has 0 heterocycles. The van der Waals surface area contributed by atoms with Crippen molar-refractivity contribution < 1.29 is 4.79 Å². The summed E-state index contributed by atoms with van der Waals surface area (Å²) in [5.74, 6) is 6.42. The monoisotopic (exact) mass is 262 g/mol. The van der Waals surface area contributed by atoms with E-state index in [1.54, 1.807) is 0 Å². The zero-order valence-electron chi connectivity index (χ0n) is 11.5. The van der Waals surface area contributed by atoms with Gasteiger partial charge in [0.2, 0.25) is 0 Å². The van der Waals surface area contributed by atoms with Gasteiger partial charge in [-0.1, -0.05) is 60.4 Å². The summed E-state index contributed by atoms with van der Waals surface area (Å²) in [6, 6.07) is 20.0. The highest BCUT2D eigenvalue weighted by molar-refractivity contribution is 5.78. The lowest BCUT2D eigenvalue weighted by Crippen LogP contribution is -1.99. The molecule has 0 spiro atoms. The molecular weight excluding hydrogens is 244 g/mol. The molecule has 0 atom stereocenters. The fourth-order valence-electron chi connectivity index (χ4n) is 1.94. The van der Waals surface area contributed by atoms with Crippen molar-refractivity contribution in [3.8, 4) is 11.8 Å². The Hall–Kier alpha value is -2.33. The van der Waals surface area contributed by atoms with Crippen molar-refractivity contribution >= 4 is 5.78 Å². The van der Waals surface area contributed by atoms with E-state index in [9.17, 15) is 4.79 Å². The van der Waals surface area contributed by atoms with Crippen LogP contribution in [0.4, 0.5) is 0 Å². The second kappa shape index (κ2) is 7.96. The second-order valence-electron chi connectivity index (χ2n) is 4.69. The normalized spacial score (nSPS) is 9.60. The summed E-state index contributed by atoms with van der Waals surface area (Å²) >= 11 is 0. The summed E-state index contributed by atoms with van der Waals surface area (Å²) in [6.07, 6.45) is 2.62. The number of aryl methyl sites for hydroxylation is 1. The van der Waals surface area contributed by atoms with E-state index in [1.165, 1.54) is 5.56 Å². The van der Waals surface area contributed by atoms with E-state index in [1.807, 2.05) is 48.5 Å². The summed E-state index contributed by atoms with van der Waals surface area (Å²) in [5.41, 5.74) is 2.22. The van der Waals surface area contributed by atoms with Gasteiger partial charge in [-0.15, -0.1) is 0 Å². The number of carbonyl (C=O) groups excluding carboxylic acids is 1. The highest BCUT2D eigenvalue weighted by atomic mass is 16.1. The molecule has 0 aromatic heterocycles. The van der Waals surface area contributed by atoms with E-state index < -0.39 is 0 Å². The fraction of sp³-hybridized carbons (Fsp3) is 0.211. The lowest BCUT2D eigenvalue weighted by atomic mass is 10.1. The Morgan fingerprint density at radius 3 is 2.20 bits per heavy atom. The van der Waals surface area contributed by atoms with Gasteiger partial charge in [0.15, 0.2) is 0 Å². The minimum Gasteiger partial charge on any atom is -0.300 e. The van der Waals surface area contributed by atoms with Gasteiger partial charge in [0.25, 0.3) is 0 Å². The Balaban J connectivity index is 1.70. The van der Waals surface area contributed by atoms with Crippen molar-refractivity contribution in [2.75, 3.05) is 0 Å². The quantitative estimate of drug-likeness (QED) is 0.744. The van der Waals surface area contributed by atoms with Gasteiger partial charge in [-0.2, -0.15) is 0 Å². The zero-order chi connectivity index (χ0) is 14.0. The lowest BCUT2D eigenvalue weighted by Gasteiger charge is -1.99. The third-order valence-corrected chi connectivity index (χ3v) is 3.07. The smallest absolute Gasteiger partial charge is 0.134 e. The van der Waals surface area contributed by atoms with E-state index in [2.05, 4.69) is 24.0 Å². The molecule has 0 aliphatic heterocycles. The van der Waals surface area contributed by atoms with Crippen LogP contribution in [0.15, 0.2) is 60.7 Å². The van der Waals surface area contributed by atoms with Crippen molar-refractivity contribution in [1.82, 2.24) is 0 Å². The number of carbonyl (C=O) groups is 1. The number of hydrogen-bond donors (Lipinski definition) is 0. The average Bonchev–Trinajstić information content (AvgIpc) is 2.52. The van der Waals surface area contributed by atoms with Crippen LogP contribution in [0.5, 0.6) is 0 Å². The predicted octanol–water partition coefficient (Wildman–Crippen LogP) is 4.02. The van der Waals surface area contributed by atoms with Crippen LogP contribution in [-0.2, 0) is 11.2 Å². The molecule has 0 saturated carbocycles. The molecule has 0 fully saturated rings. The Labute approximate surface area is 120 Å². The first-order chi connectivity index (χ1) is 9.84. The van der Waals surface area contributed by atoms with E-state index in [0.29, 0.717) is 19.3 Å². The number of rotatable bonds is 5. The van der Waals surface area contributed by atoms with Gasteiger partial charge in [0.05, 0.1) is 0 Å². The maximum absolute atomic E-state index is 11.8. The van der Waals surface area contributed by atoms with Crippen molar-refractivity contribution in [3.63, 3.8) is 0 Å². The van der Waals surface area contributed by atoms with Gasteiger partial charge in [0, 0.05) is 24.8 Å². The number of hydrogen-bond acceptors (Lipinski definition) is 1. The molecule has 0 aliphatic rings. The van der Waals surface area contributed by atoms with Gasteiger partial charge in [0.1, 0.15) is 5.78 Å². The van der Waals surface area contributed by atoms with Gasteiger partial charge >= 0.3 is 0 Å². The average molecular weight is 262 g/mol. The summed E-state index contributed by atoms with van der Waals surface area (Å²) < 4.78 is 0. The van der Waals surface area contributed by atoms with Crippen LogP contribution in [0.2, 0.25) is 0 Å². The predicted molar refractivity (Wildman–Crippen MR) is 82.3 cm³/mol. The zero-order valence-corrected chi connectivity index (χ0v) is 11.5. The molecule has 1 nitrogen and oxygen atoms in total. The Kier molecular flexibility index (Phi) is 5.61. The van der Waals surface area contributed by atoms with Crippen LogP contribution in [0, 0.1) is 11.8 Å². The van der Waals surface area contributed by atoms with E-state index in [4.69, 9.17) is 0 Å². The largest absolute Gasteiger partial charge is 0.300 e. The first-order valence-corrected chi connectivity index (χ1v) is 6.94. The molecule has 100 valence electrons. The van der Waals surface area contributed by atoms with Gasteiger partial charge in [-0.3, -0.25) is 4.79 Å². The topological polar surface area (TPSA) is 17.1 Å². The van der Waals surface area contributed by atoms with Crippen molar-refractivity contribution in [1.29, 1.82) is 0 Å². The Bertz CT molecular complexity index is 588. The minimum atomic E-state index is 0.288. The van der Waals surface area contributed by atoms with Crippen LogP contribution in [0.1, 0.15) is 30.4 Å². The molecule has 0 saturated heterocycles. The minimum absolute atomic E-state index is 0.288. The van der Waals surface area contributed by atoms with E-state index >= 15 is 0 Å². The number of Topliss-reactive ketones (excluding diaryl/α,β-unsaturated/α-hetero) is 1. The summed E-state index contributed by atoms with van der Waals surface area (Å²) in [5, 5.41) is 0. The maximum atomic E-state index is 11.8. The summed E-state index contributed by atoms with van der Waals surface area (Å²) in [4.78, 5) is 11.8. The first-order valence-electron chi connectivity index (χ1n) is 6.94. The molecule has 0 aliphatic carbocycles. The lowest BCUT2D eigenvalue weighted by molar-refractivity contribution is -0.118. The molecular formula is C19H18O. The molecule has 2 rings (SSSR count). The third kappa shape index (κ3) is 5.12. The van der Waals surface area contributed by atoms with Gasteiger partial charge in [-0.05, 0) is 24.1 Å². The van der Waals surface area contributed by atoms with Crippen LogP contribution < -0.4 is 0 Å². The molecule has 20 heavy (non-hydrogen) atoms. The highest BCUT2D eigenvalue weighted by Crippen LogP contribution is 2.05. The van der Waals surface area contributed by atoms with Crippen LogP contribution >= 0.6 is 0 Å². The molecule has 0 unspecified atom stereocenters. The standard InChI is InChI=1S/C19H18O/c20-19(16-15-18-11-5-2-6-12-18)14-8-7-13-17-9-3-1-4-10-17/h1-6,9-12H,8,14-16H2.